The van der Waals surface area contributed by atoms with E-state index in [1.807, 2.05) is 30.1 Å². The van der Waals surface area contributed by atoms with Crippen molar-refractivity contribution in [2.45, 2.75) is 26.4 Å². The SMILES string of the molecule is Cc1c(CN2CCCN(Cc3ccccc3F)CC2)cnn1C. The summed E-state index contributed by atoms with van der Waals surface area (Å²) in [7, 11) is 1.98. The van der Waals surface area contributed by atoms with Crippen LogP contribution in [0.1, 0.15) is 23.2 Å². The van der Waals surface area contributed by atoms with Gasteiger partial charge in [0, 0.05) is 50.0 Å². The van der Waals surface area contributed by atoms with E-state index >= 15 is 0 Å². The van der Waals surface area contributed by atoms with Gasteiger partial charge in [-0.1, -0.05) is 18.2 Å². The zero-order valence-corrected chi connectivity index (χ0v) is 14.0. The van der Waals surface area contributed by atoms with Crippen LogP contribution in [0.4, 0.5) is 4.39 Å². The van der Waals surface area contributed by atoms with Crippen molar-refractivity contribution >= 4 is 0 Å². The molecule has 0 bridgehead atoms. The zero-order chi connectivity index (χ0) is 16.2. The molecule has 0 aliphatic carbocycles. The minimum atomic E-state index is -0.0976. The summed E-state index contributed by atoms with van der Waals surface area (Å²) in [5.41, 5.74) is 3.33. The summed E-state index contributed by atoms with van der Waals surface area (Å²) >= 11 is 0. The second-order valence-electron chi connectivity index (χ2n) is 6.38. The third-order valence-corrected chi connectivity index (χ3v) is 4.76. The van der Waals surface area contributed by atoms with Crippen LogP contribution in [0.15, 0.2) is 30.5 Å². The molecule has 1 aliphatic rings. The third-order valence-electron chi connectivity index (χ3n) is 4.76. The summed E-state index contributed by atoms with van der Waals surface area (Å²) in [6.45, 7) is 7.87. The van der Waals surface area contributed by atoms with Crippen molar-refractivity contribution in [3.8, 4) is 0 Å². The van der Waals surface area contributed by atoms with Gasteiger partial charge in [-0.25, -0.2) is 4.39 Å². The van der Waals surface area contributed by atoms with Crippen LogP contribution in [0.5, 0.6) is 0 Å². The maximum atomic E-state index is 13.8. The van der Waals surface area contributed by atoms with Crippen LogP contribution in [-0.4, -0.2) is 45.8 Å². The molecule has 2 aromatic rings. The molecule has 4 nitrogen and oxygen atoms in total. The van der Waals surface area contributed by atoms with E-state index < -0.39 is 0 Å². The van der Waals surface area contributed by atoms with E-state index in [0.717, 1.165) is 44.7 Å². The smallest absolute Gasteiger partial charge is 0.127 e. The Labute approximate surface area is 137 Å². The molecule has 2 heterocycles. The molecule has 1 saturated heterocycles. The summed E-state index contributed by atoms with van der Waals surface area (Å²) in [5, 5.41) is 4.32. The Morgan fingerprint density at radius 1 is 1.00 bits per heavy atom. The Morgan fingerprint density at radius 2 is 1.65 bits per heavy atom. The van der Waals surface area contributed by atoms with Gasteiger partial charge in [0.2, 0.25) is 0 Å². The lowest BCUT2D eigenvalue weighted by Gasteiger charge is -2.22. The highest BCUT2D eigenvalue weighted by Crippen LogP contribution is 2.15. The summed E-state index contributed by atoms with van der Waals surface area (Å²) in [4.78, 5) is 4.83. The van der Waals surface area contributed by atoms with E-state index in [0.29, 0.717) is 6.54 Å². The summed E-state index contributed by atoms with van der Waals surface area (Å²) in [5.74, 6) is -0.0976. The summed E-state index contributed by atoms with van der Waals surface area (Å²) in [6, 6.07) is 7.09. The number of aromatic nitrogens is 2. The van der Waals surface area contributed by atoms with Crippen LogP contribution in [0.3, 0.4) is 0 Å². The standard InChI is InChI=1S/C18H25FN4/c1-15-17(12-20-21(15)2)14-23-9-5-8-22(10-11-23)13-16-6-3-4-7-18(16)19/h3-4,6-7,12H,5,8-11,13-14H2,1-2H3. The molecule has 0 atom stereocenters. The van der Waals surface area contributed by atoms with E-state index in [-0.39, 0.29) is 5.82 Å². The quantitative estimate of drug-likeness (QED) is 0.866. The largest absolute Gasteiger partial charge is 0.298 e. The van der Waals surface area contributed by atoms with Crippen molar-refractivity contribution in [1.82, 2.24) is 19.6 Å². The van der Waals surface area contributed by atoms with Crippen LogP contribution in [0.25, 0.3) is 0 Å². The molecule has 0 spiro atoms. The first-order valence-electron chi connectivity index (χ1n) is 8.29. The molecule has 1 fully saturated rings. The van der Waals surface area contributed by atoms with Crippen molar-refractivity contribution in [1.29, 1.82) is 0 Å². The lowest BCUT2D eigenvalue weighted by molar-refractivity contribution is 0.245. The monoisotopic (exact) mass is 316 g/mol. The maximum Gasteiger partial charge on any atom is 0.127 e. The normalized spacial score (nSPS) is 17.3. The van der Waals surface area contributed by atoms with E-state index in [4.69, 9.17) is 0 Å². The Kier molecular flexibility index (Phi) is 5.08. The fraction of sp³-hybridized carbons (Fsp3) is 0.500. The fourth-order valence-corrected chi connectivity index (χ4v) is 3.15. The van der Waals surface area contributed by atoms with Gasteiger partial charge >= 0.3 is 0 Å². The van der Waals surface area contributed by atoms with E-state index in [2.05, 4.69) is 21.8 Å². The van der Waals surface area contributed by atoms with Gasteiger partial charge in [-0.2, -0.15) is 5.10 Å². The number of benzene rings is 1. The van der Waals surface area contributed by atoms with Gasteiger partial charge in [0.1, 0.15) is 5.82 Å². The second-order valence-corrected chi connectivity index (χ2v) is 6.38. The molecular formula is C18H25FN4. The minimum Gasteiger partial charge on any atom is -0.298 e. The Bertz CT molecular complexity index is 652. The molecule has 1 aliphatic heterocycles. The Hall–Kier alpha value is -1.72. The number of rotatable bonds is 4. The van der Waals surface area contributed by atoms with E-state index in [9.17, 15) is 4.39 Å². The molecular weight excluding hydrogens is 291 g/mol. The lowest BCUT2D eigenvalue weighted by Crippen LogP contribution is -2.30. The van der Waals surface area contributed by atoms with Crippen LogP contribution >= 0.6 is 0 Å². The van der Waals surface area contributed by atoms with Gasteiger partial charge in [0.05, 0.1) is 6.20 Å². The van der Waals surface area contributed by atoms with Crippen LogP contribution in [0, 0.1) is 12.7 Å². The van der Waals surface area contributed by atoms with E-state index in [1.54, 1.807) is 12.1 Å². The van der Waals surface area contributed by atoms with Crippen molar-refractivity contribution in [3.05, 3.63) is 53.1 Å². The zero-order valence-electron chi connectivity index (χ0n) is 14.0. The number of hydrogen-bond donors (Lipinski definition) is 0. The number of halogens is 1. The van der Waals surface area contributed by atoms with Gasteiger partial charge in [-0.05, 0) is 32.5 Å². The van der Waals surface area contributed by atoms with E-state index in [1.165, 1.54) is 11.3 Å². The Morgan fingerprint density at radius 3 is 2.26 bits per heavy atom. The average Bonchev–Trinajstić information content (AvgIpc) is 2.75. The van der Waals surface area contributed by atoms with Crippen molar-refractivity contribution in [2.75, 3.05) is 26.2 Å². The molecule has 0 amide bonds. The molecule has 1 aromatic carbocycles. The molecule has 124 valence electrons. The van der Waals surface area contributed by atoms with Crippen molar-refractivity contribution in [3.63, 3.8) is 0 Å². The molecule has 5 heteroatoms. The van der Waals surface area contributed by atoms with Gasteiger partial charge in [-0.3, -0.25) is 14.5 Å². The highest BCUT2D eigenvalue weighted by atomic mass is 19.1. The highest BCUT2D eigenvalue weighted by molar-refractivity contribution is 5.17. The number of aryl methyl sites for hydroxylation is 1. The predicted molar refractivity (Wildman–Crippen MR) is 89.5 cm³/mol. The Balaban J connectivity index is 1.57. The topological polar surface area (TPSA) is 24.3 Å². The second kappa shape index (κ2) is 7.23. The van der Waals surface area contributed by atoms with Crippen molar-refractivity contribution in [2.24, 2.45) is 7.05 Å². The van der Waals surface area contributed by atoms with Crippen LogP contribution in [0.2, 0.25) is 0 Å². The lowest BCUT2D eigenvalue weighted by atomic mass is 10.2. The molecule has 0 radical (unpaired) electrons. The first kappa shape index (κ1) is 16.1. The summed E-state index contributed by atoms with van der Waals surface area (Å²) in [6.07, 6.45) is 3.09. The average molecular weight is 316 g/mol. The first-order valence-corrected chi connectivity index (χ1v) is 8.29. The third kappa shape index (κ3) is 3.98. The van der Waals surface area contributed by atoms with Crippen LogP contribution < -0.4 is 0 Å². The van der Waals surface area contributed by atoms with Gasteiger partial charge in [0.25, 0.3) is 0 Å². The van der Waals surface area contributed by atoms with Gasteiger partial charge < -0.3 is 0 Å². The van der Waals surface area contributed by atoms with Crippen LogP contribution in [-0.2, 0) is 20.1 Å². The van der Waals surface area contributed by atoms with Gasteiger partial charge in [0.15, 0.2) is 0 Å². The molecule has 0 N–H and O–H groups in total. The fourth-order valence-electron chi connectivity index (χ4n) is 3.15. The minimum absolute atomic E-state index is 0.0976. The van der Waals surface area contributed by atoms with Gasteiger partial charge in [-0.15, -0.1) is 0 Å². The molecule has 1 aromatic heterocycles. The number of nitrogens with zero attached hydrogens (tertiary/aromatic N) is 4. The predicted octanol–water partition coefficient (Wildman–Crippen LogP) is 2.58. The molecule has 23 heavy (non-hydrogen) atoms. The first-order chi connectivity index (χ1) is 11.1. The number of hydrogen-bond acceptors (Lipinski definition) is 3. The maximum absolute atomic E-state index is 13.8. The molecule has 3 rings (SSSR count). The summed E-state index contributed by atoms with van der Waals surface area (Å²) < 4.78 is 15.7. The highest BCUT2D eigenvalue weighted by Gasteiger charge is 2.17. The molecule has 0 saturated carbocycles. The molecule has 0 unspecified atom stereocenters. The van der Waals surface area contributed by atoms with Crippen molar-refractivity contribution < 1.29 is 4.39 Å².